The van der Waals surface area contributed by atoms with Crippen LogP contribution < -0.4 is 0 Å². The lowest BCUT2D eigenvalue weighted by molar-refractivity contribution is 0.718. The predicted octanol–water partition coefficient (Wildman–Crippen LogP) is 2.70. The fraction of sp³-hybridized carbons (Fsp3) is 0.667. The van der Waals surface area contributed by atoms with E-state index < -0.39 is 0 Å². The third-order valence-corrected chi connectivity index (χ3v) is 1.84. The van der Waals surface area contributed by atoms with Crippen LogP contribution in [-0.4, -0.2) is 5.38 Å². The number of rotatable bonds is 0. The zero-order valence-electron chi connectivity index (χ0n) is 4.45. The number of hydrogen-bond donors (Lipinski definition) is 0. The molecule has 0 heterocycles. The highest BCUT2D eigenvalue weighted by atomic mass is 35.5. The summed E-state index contributed by atoms with van der Waals surface area (Å²) in [6, 6.07) is 0. The maximum Gasteiger partial charge on any atom is 0.0388 e. The predicted molar refractivity (Wildman–Crippen MR) is 36.1 cm³/mol. The van der Waals surface area contributed by atoms with Crippen molar-refractivity contribution in [1.29, 1.82) is 0 Å². The van der Waals surface area contributed by atoms with Crippen LogP contribution in [-0.2, 0) is 0 Å². The van der Waals surface area contributed by atoms with E-state index in [1.807, 2.05) is 0 Å². The van der Waals surface area contributed by atoms with Gasteiger partial charge in [-0.2, -0.15) is 0 Å². The van der Waals surface area contributed by atoms with Gasteiger partial charge in [0.2, 0.25) is 0 Å². The molecule has 0 aromatic heterocycles. The van der Waals surface area contributed by atoms with Crippen LogP contribution in [0.3, 0.4) is 0 Å². The van der Waals surface area contributed by atoms with E-state index in [9.17, 15) is 0 Å². The molecule has 0 aromatic rings. The molecular weight excluding hydrogens is 143 g/mol. The van der Waals surface area contributed by atoms with Crippen molar-refractivity contribution < 1.29 is 0 Å². The molecule has 45 valence electrons. The van der Waals surface area contributed by atoms with Crippen LogP contribution in [0.4, 0.5) is 0 Å². The zero-order valence-corrected chi connectivity index (χ0v) is 5.97. The summed E-state index contributed by atoms with van der Waals surface area (Å²) in [6.45, 7) is 0. The Balaban J connectivity index is 2.45. The maximum absolute atomic E-state index is 5.77. The molecule has 1 atom stereocenters. The van der Waals surface area contributed by atoms with Gasteiger partial charge in [0, 0.05) is 10.4 Å². The van der Waals surface area contributed by atoms with E-state index >= 15 is 0 Å². The Morgan fingerprint density at radius 1 is 1.62 bits per heavy atom. The van der Waals surface area contributed by atoms with Gasteiger partial charge in [0.05, 0.1) is 0 Å². The fourth-order valence-electron chi connectivity index (χ4n) is 0.733. The molecule has 0 spiro atoms. The lowest BCUT2D eigenvalue weighted by atomic mass is 10.1. The number of hydrogen-bond acceptors (Lipinski definition) is 0. The summed E-state index contributed by atoms with van der Waals surface area (Å²) < 4.78 is 0. The van der Waals surface area contributed by atoms with Crippen molar-refractivity contribution in [3.05, 3.63) is 11.1 Å². The van der Waals surface area contributed by atoms with E-state index in [-0.39, 0.29) is 5.38 Å². The van der Waals surface area contributed by atoms with Gasteiger partial charge in [-0.1, -0.05) is 11.6 Å². The molecule has 0 N–H and O–H groups in total. The summed E-state index contributed by atoms with van der Waals surface area (Å²) >= 11 is 11.4. The Bertz CT molecular complexity index is 107. The molecular formula is C6H7Cl2. The lowest BCUT2D eigenvalue weighted by Crippen LogP contribution is -2.02. The highest BCUT2D eigenvalue weighted by Crippen LogP contribution is 2.23. The molecule has 1 radical (unpaired) electrons. The second-order valence-corrected chi connectivity index (χ2v) is 3.00. The van der Waals surface area contributed by atoms with E-state index in [4.69, 9.17) is 23.2 Å². The SMILES string of the molecule is ClC1=[C]CCC(Cl)C1. The standard InChI is InChI=1S/C6H7Cl2/c7-5-2-1-3-6(8)4-5/h5H,1-2,4H2. The molecule has 1 unspecified atom stereocenters. The minimum atomic E-state index is 0.253. The Morgan fingerprint density at radius 2 is 2.38 bits per heavy atom. The normalized spacial score (nSPS) is 29.8. The van der Waals surface area contributed by atoms with Crippen molar-refractivity contribution in [3.8, 4) is 0 Å². The van der Waals surface area contributed by atoms with Crippen LogP contribution >= 0.6 is 23.2 Å². The molecule has 0 aromatic carbocycles. The summed E-state index contributed by atoms with van der Waals surface area (Å²) in [7, 11) is 0. The highest BCUT2D eigenvalue weighted by Gasteiger charge is 2.10. The van der Waals surface area contributed by atoms with Gasteiger partial charge in [-0.05, 0) is 25.3 Å². The molecule has 0 saturated heterocycles. The topological polar surface area (TPSA) is 0 Å². The summed E-state index contributed by atoms with van der Waals surface area (Å²) in [5.41, 5.74) is 0. The van der Waals surface area contributed by atoms with Gasteiger partial charge in [0.25, 0.3) is 0 Å². The first-order valence-electron chi connectivity index (χ1n) is 2.68. The molecule has 0 fully saturated rings. The van der Waals surface area contributed by atoms with Gasteiger partial charge in [-0.15, -0.1) is 11.6 Å². The molecule has 2 heteroatoms. The third-order valence-electron chi connectivity index (χ3n) is 1.18. The van der Waals surface area contributed by atoms with Gasteiger partial charge in [-0.3, -0.25) is 0 Å². The molecule has 0 bridgehead atoms. The van der Waals surface area contributed by atoms with Gasteiger partial charge >= 0.3 is 0 Å². The number of alkyl halides is 1. The van der Waals surface area contributed by atoms with Crippen molar-refractivity contribution in [2.24, 2.45) is 0 Å². The maximum atomic E-state index is 5.77. The van der Waals surface area contributed by atoms with Gasteiger partial charge in [0.1, 0.15) is 0 Å². The van der Waals surface area contributed by atoms with E-state index in [2.05, 4.69) is 6.08 Å². The van der Waals surface area contributed by atoms with Crippen LogP contribution in [0, 0.1) is 6.08 Å². The second-order valence-electron chi connectivity index (χ2n) is 1.92. The molecule has 0 amide bonds. The van der Waals surface area contributed by atoms with Crippen molar-refractivity contribution >= 4 is 23.2 Å². The first kappa shape index (κ1) is 6.44. The van der Waals surface area contributed by atoms with Gasteiger partial charge < -0.3 is 0 Å². The average Bonchev–Trinajstić information content (AvgIpc) is 1.64. The van der Waals surface area contributed by atoms with Crippen LogP contribution in [0.25, 0.3) is 0 Å². The van der Waals surface area contributed by atoms with Crippen molar-refractivity contribution in [1.82, 2.24) is 0 Å². The van der Waals surface area contributed by atoms with Gasteiger partial charge in [0.15, 0.2) is 0 Å². The van der Waals surface area contributed by atoms with E-state index in [0.717, 1.165) is 24.3 Å². The minimum absolute atomic E-state index is 0.253. The Hall–Kier alpha value is 0.320. The Kier molecular flexibility index (Phi) is 2.21. The van der Waals surface area contributed by atoms with E-state index in [0.29, 0.717) is 0 Å². The largest absolute Gasteiger partial charge is 0.123 e. The number of allylic oxidation sites excluding steroid dienone is 2. The molecule has 8 heavy (non-hydrogen) atoms. The van der Waals surface area contributed by atoms with Crippen molar-refractivity contribution in [3.63, 3.8) is 0 Å². The first-order valence-corrected chi connectivity index (χ1v) is 3.50. The molecule has 0 aliphatic heterocycles. The smallest absolute Gasteiger partial charge is 0.0388 e. The number of halogens is 2. The summed E-state index contributed by atoms with van der Waals surface area (Å²) in [5, 5.41) is 1.06. The van der Waals surface area contributed by atoms with Crippen LogP contribution in [0.5, 0.6) is 0 Å². The monoisotopic (exact) mass is 149 g/mol. The fourth-order valence-corrected chi connectivity index (χ4v) is 1.36. The summed E-state index contributed by atoms with van der Waals surface area (Å²) in [4.78, 5) is 0. The Morgan fingerprint density at radius 3 is 2.75 bits per heavy atom. The van der Waals surface area contributed by atoms with Crippen molar-refractivity contribution in [2.45, 2.75) is 24.6 Å². The highest BCUT2D eigenvalue weighted by molar-refractivity contribution is 6.30. The molecule has 1 rings (SSSR count). The molecule has 0 saturated carbocycles. The van der Waals surface area contributed by atoms with Crippen LogP contribution in [0.2, 0.25) is 0 Å². The van der Waals surface area contributed by atoms with Crippen LogP contribution in [0.15, 0.2) is 5.03 Å². The second kappa shape index (κ2) is 2.75. The average molecular weight is 150 g/mol. The molecule has 1 aliphatic carbocycles. The van der Waals surface area contributed by atoms with Crippen molar-refractivity contribution in [2.75, 3.05) is 0 Å². The molecule has 1 aliphatic rings. The quantitative estimate of drug-likeness (QED) is 0.465. The minimum Gasteiger partial charge on any atom is -0.123 e. The summed E-state index contributed by atoms with van der Waals surface area (Å²) in [5.74, 6) is 0. The zero-order chi connectivity index (χ0) is 5.98. The first-order chi connectivity index (χ1) is 3.79. The third kappa shape index (κ3) is 1.68. The van der Waals surface area contributed by atoms with Crippen LogP contribution in [0.1, 0.15) is 19.3 Å². The summed E-state index contributed by atoms with van der Waals surface area (Å²) in [6.07, 6.45) is 5.77. The van der Waals surface area contributed by atoms with E-state index in [1.54, 1.807) is 0 Å². The van der Waals surface area contributed by atoms with E-state index in [1.165, 1.54) is 0 Å². The molecule has 0 nitrogen and oxygen atoms in total. The Labute approximate surface area is 59.5 Å². The lowest BCUT2D eigenvalue weighted by Gasteiger charge is -2.10. The van der Waals surface area contributed by atoms with Gasteiger partial charge in [-0.25, -0.2) is 0 Å².